The van der Waals surface area contributed by atoms with Crippen LogP contribution in [0.5, 0.6) is 5.75 Å². The zero-order valence-electron chi connectivity index (χ0n) is 17.9. The van der Waals surface area contributed by atoms with Crippen LogP contribution < -0.4 is 5.32 Å². The zero-order valence-corrected chi connectivity index (χ0v) is 17.9. The number of fused-ring (bicyclic) bond motifs is 3. The molecule has 2 aromatic carbocycles. The van der Waals surface area contributed by atoms with Gasteiger partial charge in [-0.15, -0.1) is 0 Å². The predicted molar refractivity (Wildman–Crippen MR) is 124 cm³/mol. The molecule has 1 fully saturated rings. The molecule has 1 saturated heterocycles. The van der Waals surface area contributed by atoms with Gasteiger partial charge in [0.05, 0.1) is 24.4 Å². The van der Waals surface area contributed by atoms with E-state index >= 15 is 0 Å². The molecule has 0 aliphatic carbocycles. The van der Waals surface area contributed by atoms with E-state index in [1.54, 1.807) is 6.07 Å². The number of aromatic hydroxyl groups is 1. The Kier molecular flexibility index (Phi) is 4.59. The van der Waals surface area contributed by atoms with E-state index in [4.69, 9.17) is 9.72 Å². The minimum atomic E-state index is 0.259. The van der Waals surface area contributed by atoms with E-state index in [0.29, 0.717) is 18.4 Å². The molecule has 2 aliphatic rings. The highest BCUT2D eigenvalue weighted by molar-refractivity contribution is 5.94. The van der Waals surface area contributed by atoms with Crippen LogP contribution in [0.2, 0.25) is 0 Å². The summed E-state index contributed by atoms with van der Waals surface area (Å²) in [6, 6.07) is 12.4. The van der Waals surface area contributed by atoms with Gasteiger partial charge in [-0.2, -0.15) is 5.10 Å². The number of hydrogen-bond acceptors (Lipinski definition) is 5. The molecule has 2 aliphatic heterocycles. The molecule has 0 saturated carbocycles. The fourth-order valence-corrected chi connectivity index (χ4v) is 4.85. The van der Waals surface area contributed by atoms with Gasteiger partial charge in [0.2, 0.25) is 0 Å². The Labute approximate surface area is 185 Å². The Balaban J connectivity index is 1.34. The van der Waals surface area contributed by atoms with Crippen molar-refractivity contribution in [3.8, 4) is 28.4 Å². The molecule has 4 heterocycles. The molecule has 2 bridgehead atoms. The number of hydrogen-bond donors (Lipinski definition) is 4. The topological polar surface area (TPSA) is 98.9 Å². The van der Waals surface area contributed by atoms with Gasteiger partial charge >= 0.3 is 0 Å². The lowest BCUT2D eigenvalue weighted by atomic mass is 9.95. The minimum absolute atomic E-state index is 0.259. The fraction of sp³-hybridized carbons (Fsp3) is 0.280. The first-order valence-electron chi connectivity index (χ1n) is 11.1. The van der Waals surface area contributed by atoms with Gasteiger partial charge < -0.3 is 20.1 Å². The highest BCUT2D eigenvalue weighted by Gasteiger charge is 2.27. The van der Waals surface area contributed by atoms with Crippen molar-refractivity contribution in [3.63, 3.8) is 0 Å². The van der Waals surface area contributed by atoms with Crippen molar-refractivity contribution in [1.29, 1.82) is 0 Å². The molecular weight excluding hydrogens is 402 g/mol. The summed E-state index contributed by atoms with van der Waals surface area (Å²) in [4.78, 5) is 8.19. The number of phenols is 1. The normalized spacial score (nSPS) is 20.5. The largest absolute Gasteiger partial charge is 0.508 e. The summed E-state index contributed by atoms with van der Waals surface area (Å²) >= 11 is 0. The van der Waals surface area contributed by atoms with Crippen molar-refractivity contribution in [3.05, 3.63) is 59.9 Å². The van der Waals surface area contributed by atoms with E-state index in [1.165, 1.54) is 5.57 Å². The Bertz CT molecular complexity index is 1340. The lowest BCUT2D eigenvalue weighted by Gasteiger charge is -2.34. The average molecular weight is 428 g/mol. The molecule has 4 N–H and O–H groups in total. The maximum Gasteiger partial charge on any atom is 0.159 e. The molecule has 2 atom stereocenters. The van der Waals surface area contributed by atoms with Crippen LogP contribution in [0, 0.1) is 0 Å². The Morgan fingerprint density at radius 2 is 2.09 bits per heavy atom. The van der Waals surface area contributed by atoms with Crippen LogP contribution in [0.3, 0.4) is 0 Å². The molecule has 7 heteroatoms. The fourth-order valence-electron chi connectivity index (χ4n) is 4.85. The van der Waals surface area contributed by atoms with Crippen molar-refractivity contribution in [2.24, 2.45) is 0 Å². The van der Waals surface area contributed by atoms with Crippen LogP contribution in [0.25, 0.3) is 39.1 Å². The second-order valence-electron chi connectivity index (χ2n) is 8.57. The number of aromatic nitrogens is 4. The molecule has 7 nitrogen and oxygen atoms in total. The van der Waals surface area contributed by atoms with Crippen molar-refractivity contribution >= 4 is 16.5 Å². The van der Waals surface area contributed by atoms with Gasteiger partial charge in [-0.3, -0.25) is 5.10 Å². The van der Waals surface area contributed by atoms with Gasteiger partial charge in [0.1, 0.15) is 11.4 Å². The molecule has 2 unspecified atom stereocenters. The van der Waals surface area contributed by atoms with Crippen LogP contribution >= 0.6 is 0 Å². The van der Waals surface area contributed by atoms with Gasteiger partial charge in [0, 0.05) is 23.7 Å². The van der Waals surface area contributed by atoms with Crippen LogP contribution in [-0.4, -0.2) is 50.6 Å². The molecule has 4 aromatic rings. The van der Waals surface area contributed by atoms with Crippen molar-refractivity contribution in [2.75, 3.05) is 13.2 Å². The number of H-pyrrole nitrogens is 2. The zero-order chi connectivity index (χ0) is 21.7. The van der Waals surface area contributed by atoms with Gasteiger partial charge in [-0.25, -0.2) is 4.98 Å². The minimum Gasteiger partial charge on any atom is -0.508 e. The van der Waals surface area contributed by atoms with Crippen LogP contribution in [0.1, 0.15) is 24.6 Å². The quantitative estimate of drug-likeness (QED) is 0.394. The maximum absolute atomic E-state index is 9.82. The standard InChI is InChI=1S/C25H25N5O2/c1-2-14-9-19(31)4-6-20(14)15-3-5-21-22(10-15)29-30-24(21)25-26-11-23(28-25)16-7-17-12-32-13-18(8-16)27-17/h3-7,9-11,17-18,27,31H,2,8,12-13H2,1H3,(H,26,28)(H,29,30). The van der Waals surface area contributed by atoms with Gasteiger partial charge in [0.25, 0.3) is 0 Å². The number of aromatic amines is 2. The first-order valence-corrected chi connectivity index (χ1v) is 11.1. The maximum atomic E-state index is 9.82. The second-order valence-corrected chi connectivity index (χ2v) is 8.57. The molecule has 162 valence electrons. The number of morpholine rings is 1. The molecule has 6 rings (SSSR count). The number of aryl methyl sites for hydroxylation is 1. The van der Waals surface area contributed by atoms with E-state index in [2.05, 4.69) is 51.7 Å². The van der Waals surface area contributed by atoms with E-state index in [1.807, 2.05) is 18.3 Å². The predicted octanol–water partition coefficient (Wildman–Crippen LogP) is 4.03. The Morgan fingerprint density at radius 3 is 2.97 bits per heavy atom. The molecule has 0 spiro atoms. The number of nitrogens with one attached hydrogen (secondary N) is 3. The van der Waals surface area contributed by atoms with Crippen LogP contribution in [0.4, 0.5) is 0 Å². The summed E-state index contributed by atoms with van der Waals surface area (Å²) < 4.78 is 5.63. The number of imidazole rings is 1. The van der Waals surface area contributed by atoms with Gasteiger partial charge in [-0.05, 0) is 59.4 Å². The molecule has 0 radical (unpaired) electrons. The number of ether oxygens (including phenoxy) is 1. The van der Waals surface area contributed by atoms with Crippen molar-refractivity contribution in [2.45, 2.75) is 31.8 Å². The third-order valence-corrected chi connectivity index (χ3v) is 6.41. The van der Waals surface area contributed by atoms with Gasteiger partial charge in [-0.1, -0.05) is 25.1 Å². The summed E-state index contributed by atoms with van der Waals surface area (Å²) in [5.41, 5.74) is 7.34. The summed E-state index contributed by atoms with van der Waals surface area (Å²) in [7, 11) is 0. The number of phenolic OH excluding ortho intramolecular Hbond substituents is 1. The summed E-state index contributed by atoms with van der Waals surface area (Å²) in [6.45, 7) is 3.56. The lowest BCUT2D eigenvalue weighted by molar-refractivity contribution is 0.0561. The monoisotopic (exact) mass is 427 g/mol. The van der Waals surface area contributed by atoms with E-state index < -0.39 is 0 Å². The van der Waals surface area contributed by atoms with E-state index in [-0.39, 0.29) is 6.04 Å². The number of rotatable bonds is 4. The van der Waals surface area contributed by atoms with E-state index in [9.17, 15) is 5.11 Å². The van der Waals surface area contributed by atoms with Crippen molar-refractivity contribution in [1.82, 2.24) is 25.5 Å². The smallest absolute Gasteiger partial charge is 0.159 e. The number of nitrogens with zero attached hydrogens (tertiary/aromatic N) is 2. The lowest BCUT2D eigenvalue weighted by Crippen LogP contribution is -2.50. The third kappa shape index (κ3) is 3.30. The second kappa shape index (κ2) is 7.62. The molecule has 2 aromatic heterocycles. The van der Waals surface area contributed by atoms with Crippen LogP contribution in [0.15, 0.2) is 48.7 Å². The third-order valence-electron chi connectivity index (χ3n) is 6.41. The average Bonchev–Trinajstić information content (AvgIpc) is 3.45. The van der Waals surface area contributed by atoms with Crippen molar-refractivity contribution < 1.29 is 9.84 Å². The van der Waals surface area contributed by atoms with Crippen LogP contribution in [-0.2, 0) is 11.2 Å². The highest BCUT2D eigenvalue weighted by Crippen LogP contribution is 2.33. The molecule has 0 amide bonds. The van der Waals surface area contributed by atoms with Gasteiger partial charge in [0.15, 0.2) is 5.82 Å². The Morgan fingerprint density at radius 1 is 1.16 bits per heavy atom. The van der Waals surface area contributed by atoms with E-state index in [0.717, 1.165) is 64.3 Å². The molecule has 32 heavy (non-hydrogen) atoms. The molecular formula is C25H25N5O2. The summed E-state index contributed by atoms with van der Waals surface area (Å²) in [5.74, 6) is 1.06. The summed E-state index contributed by atoms with van der Waals surface area (Å²) in [6.07, 6.45) is 5.97. The summed E-state index contributed by atoms with van der Waals surface area (Å²) in [5, 5.41) is 22.1. The SMILES string of the molecule is CCc1cc(O)ccc1-c1ccc2c(-c3nc(C4=CC5COCC(C4)N5)c[nH]3)n[nH]c2c1. The first-order chi connectivity index (χ1) is 15.7. The highest BCUT2D eigenvalue weighted by atomic mass is 16.5. The Hall–Kier alpha value is -3.42. The first kappa shape index (κ1) is 19.3. The number of benzene rings is 2.